The molecule has 0 spiro atoms. The third kappa shape index (κ3) is 4.11. The van der Waals surface area contributed by atoms with Gasteiger partial charge in [-0.15, -0.1) is 12.4 Å². The van der Waals surface area contributed by atoms with Crippen molar-refractivity contribution >= 4 is 18.3 Å². The Morgan fingerprint density at radius 3 is 2.83 bits per heavy atom. The SMILES string of the molecule is CCN1CCCCC1CNC(=O)[C@@H]1CCCN1.Cl. The molecule has 2 atom stereocenters. The van der Waals surface area contributed by atoms with Gasteiger partial charge in [0.2, 0.25) is 5.91 Å². The van der Waals surface area contributed by atoms with Gasteiger partial charge in [-0.1, -0.05) is 13.3 Å². The van der Waals surface area contributed by atoms with E-state index in [0.29, 0.717) is 6.04 Å². The van der Waals surface area contributed by atoms with E-state index in [1.165, 1.54) is 25.8 Å². The number of nitrogens with zero attached hydrogens (tertiary/aromatic N) is 1. The second-order valence-electron chi connectivity index (χ2n) is 5.17. The van der Waals surface area contributed by atoms with E-state index in [4.69, 9.17) is 0 Å². The molecule has 5 heteroatoms. The number of hydrogen-bond donors (Lipinski definition) is 2. The van der Waals surface area contributed by atoms with Crippen molar-refractivity contribution in [1.29, 1.82) is 0 Å². The summed E-state index contributed by atoms with van der Waals surface area (Å²) in [5.74, 6) is 0.198. The first-order chi connectivity index (χ1) is 8.31. The number of likely N-dealkylation sites (tertiary alicyclic amines) is 1. The molecule has 0 saturated carbocycles. The summed E-state index contributed by atoms with van der Waals surface area (Å²) in [5, 5.41) is 6.36. The minimum absolute atomic E-state index is 0. The van der Waals surface area contributed by atoms with Crippen LogP contribution in [0.25, 0.3) is 0 Å². The Morgan fingerprint density at radius 2 is 2.17 bits per heavy atom. The number of hydrogen-bond acceptors (Lipinski definition) is 3. The molecule has 0 aromatic heterocycles. The molecule has 2 aliphatic rings. The molecular formula is C13H26ClN3O. The molecule has 2 N–H and O–H groups in total. The summed E-state index contributed by atoms with van der Waals surface area (Å²) in [4.78, 5) is 14.4. The lowest BCUT2D eigenvalue weighted by Gasteiger charge is -2.35. The average Bonchev–Trinajstić information content (AvgIpc) is 2.90. The van der Waals surface area contributed by atoms with Crippen molar-refractivity contribution in [3.8, 4) is 0 Å². The van der Waals surface area contributed by atoms with E-state index in [0.717, 1.165) is 32.5 Å². The lowest BCUT2D eigenvalue weighted by atomic mass is 10.0. The first-order valence-corrected chi connectivity index (χ1v) is 7.06. The summed E-state index contributed by atoms with van der Waals surface area (Å²) in [5.41, 5.74) is 0. The molecule has 0 bridgehead atoms. The molecule has 0 radical (unpaired) electrons. The molecule has 1 amide bonds. The van der Waals surface area contributed by atoms with Crippen molar-refractivity contribution in [2.75, 3.05) is 26.2 Å². The van der Waals surface area contributed by atoms with Gasteiger partial charge in [0, 0.05) is 12.6 Å². The van der Waals surface area contributed by atoms with E-state index in [9.17, 15) is 4.79 Å². The number of rotatable bonds is 4. The van der Waals surface area contributed by atoms with Crippen LogP contribution in [0.5, 0.6) is 0 Å². The molecule has 2 fully saturated rings. The van der Waals surface area contributed by atoms with Crippen LogP contribution in [0.1, 0.15) is 39.0 Å². The molecule has 0 aliphatic carbocycles. The summed E-state index contributed by atoms with van der Waals surface area (Å²) >= 11 is 0. The number of piperidine rings is 1. The van der Waals surface area contributed by atoms with Crippen LogP contribution in [0, 0.1) is 0 Å². The fraction of sp³-hybridized carbons (Fsp3) is 0.923. The van der Waals surface area contributed by atoms with Crippen molar-refractivity contribution in [2.24, 2.45) is 0 Å². The molecule has 2 rings (SSSR count). The highest BCUT2D eigenvalue weighted by Gasteiger charge is 2.25. The van der Waals surface area contributed by atoms with Crippen LogP contribution in [0.15, 0.2) is 0 Å². The number of carbonyl (C=O) groups is 1. The molecule has 106 valence electrons. The Labute approximate surface area is 116 Å². The molecule has 1 unspecified atom stereocenters. The lowest BCUT2D eigenvalue weighted by Crippen LogP contribution is -2.49. The quantitative estimate of drug-likeness (QED) is 0.809. The molecule has 4 nitrogen and oxygen atoms in total. The predicted molar refractivity (Wildman–Crippen MR) is 76.2 cm³/mol. The fourth-order valence-corrected chi connectivity index (χ4v) is 2.96. The zero-order valence-corrected chi connectivity index (χ0v) is 12.1. The zero-order chi connectivity index (χ0) is 12.1. The molecule has 0 aromatic carbocycles. The van der Waals surface area contributed by atoms with Crippen molar-refractivity contribution < 1.29 is 4.79 Å². The van der Waals surface area contributed by atoms with Crippen LogP contribution in [0.4, 0.5) is 0 Å². The lowest BCUT2D eigenvalue weighted by molar-refractivity contribution is -0.123. The number of nitrogens with one attached hydrogen (secondary N) is 2. The highest BCUT2D eigenvalue weighted by Crippen LogP contribution is 2.15. The van der Waals surface area contributed by atoms with Gasteiger partial charge in [-0.2, -0.15) is 0 Å². The topological polar surface area (TPSA) is 44.4 Å². The number of halogens is 1. The second kappa shape index (κ2) is 7.97. The number of likely N-dealkylation sites (N-methyl/N-ethyl adjacent to an activating group) is 1. The fourth-order valence-electron chi connectivity index (χ4n) is 2.96. The van der Waals surface area contributed by atoms with Gasteiger partial charge in [0.15, 0.2) is 0 Å². The largest absolute Gasteiger partial charge is 0.353 e. The number of amides is 1. The van der Waals surface area contributed by atoms with E-state index < -0.39 is 0 Å². The Hall–Kier alpha value is -0.320. The highest BCUT2D eigenvalue weighted by molar-refractivity contribution is 5.85. The van der Waals surface area contributed by atoms with Crippen molar-refractivity contribution in [1.82, 2.24) is 15.5 Å². The maximum absolute atomic E-state index is 11.9. The third-order valence-corrected chi connectivity index (χ3v) is 4.04. The van der Waals surface area contributed by atoms with E-state index in [1.54, 1.807) is 0 Å². The summed E-state index contributed by atoms with van der Waals surface area (Å²) in [7, 11) is 0. The first kappa shape index (κ1) is 15.7. The molecule has 2 saturated heterocycles. The summed E-state index contributed by atoms with van der Waals surface area (Å²) in [6, 6.07) is 0.618. The molecule has 2 heterocycles. The minimum atomic E-state index is 0. The average molecular weight is 276 g/mol. The van der Waals surface area contributed by atoms with Crippen LogP contribution in [0.2, 0.25) is 0 Å². The van der Waals surface area contributed by atoms with Gasteiger partial charge in [-0.3, -0.25) is 9.69 Å². The van der Waals surface area contributed by atoms with Gasteiger partial charge in [-0.05, 0) is 45.3 Å². The molecule has 18 heavy (non-hydrogen) atoms. The van der Waals surface area contributed by atoms with Gasteiger partial charge in [-0.25, -0.2) is 0 Å². The summed E-state index contributed by atoms with van der Waals surface area (Å²) in [6.07, 6.45) is 5.96. The van der Waals surface area contributed by atoms with E-state index >= 15 is 0 Å². The number of carbonyl (C=O) groups excluding carboxylic acids is 1. The standard InChI is InChI=1S/C13H25N3O.ClH/c1-2-16-9-4-3-6-11(16)10-15-13(17)12-7-5-8-14-12;/h11-12,14H,2-10H2,1H3,(H,15,17);1H/t11?,12-;/m0./s1. The van der Waals surface area contributed by atoms with Crippen molar-refractivity contribution in [3.05, 3.63) is 0 Å². The van der Waals surface area contributed by atoms with Crippen molar-refractivity contribution in [2.45, 2.75) is 51.1 Å². The Morgan fingerprint density at radius 1 is 1.33 bits per heavy atom. The van der Waals surface area contributed by atoms with Crippen LogP contribution < -0.4 is 10.6 Å². The molecule has 0 aromatic rings. The predicted octanol–water partition coefficient (Wildman–Crippen LogP) is 1.15. The van der Waals surface area contributed by atoms with Crippen LogP contribution in [0.3, 0.4) is 0 Å². The van der Waals surface area contributed by atoms with Gasteiger partial charge < -0.3 is 10.6 Å². The van der Waals surface area contributed by atoms with Crippen LogP contribution >= 0.6 is 12.4 Å². The van der Waals surface area contributed by atoms with Crippen LogP contribution in [-0.4, -0.2) is 49.1 Å². The minimum Gasteiger partial charge on any atom is -0.353 e. The Balaban J connectivity index is 0.00000162. The Kier molecular flexibility index (Phi) is 6.97. The maximum Gasteiger partial charge on any atom is 0.237 e. The van der Waals surface area contributed by atoms with Gasteiger partial charge in [0.25, 0.3) is 0 Å². The molecular weight excluding hydrogens is 250 g/mol. The normalized spacial score (nSPS) is 28.7. The first-order valence-electron chi connectivity index (χ1n) is 7.06. The smallest absolute Gasteiger partial charge is 0.237 e. The zero-order valence-electron chi connectivity index (χ0n) is 11.3. The summed E-state index contributed by atoms with van der Waals surface area (Å²) in [6.45, 7) is 6.31. The monoisotopic (exact) mass is 275 g/mol. The van der Waals surface area contributed by atoms with E-state index in [-0.39, 0.29) is 24.4 Å². The second-order valence-corrected chi connectivity index (χ2v) is 5.17. The Bertz CT molecular complexity index is 257. The van der Waals surface area contributed by atoms with Gasteiger partial charge in [0.05, 0.1) is 6.04 Å². The van der Waals surface area contributed by atoms with Gasteiger partial charge in [0.1, 0.15) is 0 Å². The van der Waals surface area contributed by atoms with Gasteiger partial charge >= 0.3 is 0 Å². The third-order valence-electron chi connectivity index (χ3n) is 4.04. The maximum atomic E-state index is 11.9. The van der Waals surface area contributed by atoms with Crippen LogP contribution in [-0.2, 0) is 4.79 Å². The summed E-state index contributed by atoms with van der Waals surface area (Å²) < 4.78 is 0. The van der Waals surface area contributed by atoms with Crippen molar-refractivity contribution in [3.63, 3.8) is 0 Å². The van der Waals surface area contributed by atoms with E-state index in [2.05, 4.69) is 22.5 Å². The highest BCUT2D eigenvalue weighted by atomic mass is 35.5. The molecule has 2 aliphatic heterocycles. The van der Waals surface area contributed by atoms with E-state index in [1.807, 2.05) is 0 Å².